The number of rotatable bonds is 4. The molecule has 0 spiro atoms. The second-order valence-electron chi connectivity index (χ2n) is 5.28. The first-order valence-corrected chi connectivity index (χ1v) is 8.09. The zero-order valence-corrected chi connectivity index (χ0v) is 14.0. The van der Waals surface area contributed by atoms with Crippen molar-refractivity contribution >= 4 is 17.2 Å². The summed E-state index contributed by atoms with van der Waals surface area (Å²) in [6.45, 7) is 3.80. The normalized spacial score (nSPS) is 12.1. The quantitative estimate of drug-likeness (QED) is 0.800. The second kappa shape index (κ2) is 6.29. The summed E-state index contributed by atoms with van der Waals surface area (Å²) in [4.78, 5) is 21.0. The third kappa shape index (κ3) is 3.14. The van der Waals surface area contributed by atoms with E-state index in [-0.39, 0.29) is 11.9 Å². The predicted molar refractivity (Wildman–Crippen MR) is 89.2 cm³/mol. The molecule has 0 aliphatic heterocycles. The van der Waals surface area contributed by atoms with Crippen molar-refractivity contribution in [3.05, 3.63) is 52.4 Å². The topological polar surface area (TPSA) is 72.7 Å². The van der Waals surface area contributed by atoms with Crippen LogP contribution in [0.25, 0.3) is 11.3 Å². The number of hydrogen-bond donors (Lipinski definition) is 1. The lowest BCUT2D eigenvalue weighted by Gasteiger charge is -2.11. The van der Waals surface area contributed by atoms with Gasteiger partial charge in [-0.05, 0) is 26.0 Å². The maximum Gasteiger partial charge on any atom is 0.255 e. The fraction of sp³-hybridized carbons (Fsp3) is 0.250. The molecule has 1 N–H and O–H groups in total. The van der Waals surface area contributed by atoms with Crippen molar-refractivity contribution in [3.63, 3.8) is 0 Å². The number of thiazole rings is 1. The lowest BCUT2D eigenvalue weighted by atomic mass is 10.2. The van der Waals surface area contributed by atoms with Crippen LogP contribution in [-0.2, 0) is 7.05 Å². The van der Waals surface area contributed by atoms with Crippen molar-refractivity contribution in [2.75, 3.05) is 0 Å². The first-order valence-electron chi connectivity index (χ1n) is 7.21. The van der Waals surface area contributed by atoms with Crippen molar-refractivity contribution in [2.24, 2.45) is 7.05 Å². The van der Waals surface area contributed by atoms with Crippen LogP contribution in [0.1, 0.15) is 34.0 Å². The molecule has 0 fully saturated rings. The number of amides is 1. The lowest BCUT2D eigenvalue weighted by molar-refractivity contribution is 0.0939. The first kappa shape index (κ1) is 15.4. The number of hydrogen-bond acceptors (Lipinski definition) is 5. The molecule has 0 aliphatic carbocycles. The molecule has 0 radical (unpaired) electrons. The SMILES string of the molecule is Cc1c(C(=O)NC(C)c2nc(-c3cccnc3)cs2)cnn1C. The summed E-state index contributed by atoms with van der Waals surface area (Å²) in [5, 5.41) is 9.90. The van der Waals surface area contributed by atoms with Crippen LogP contribution in [0.3, 0.4) is 0 Å². The Kier molecular flexibility index (Phi) is 4.20. The summed E-state index contributed by atoms with van der Waals surface area (Å²) in [6.07, 6.45) is 5.09. The zero-order valence-electron chi connectivity index (χ0n) is 13.1. The molecule has 0 aliphatic rings. The van der Waals surface area contributed by atoms with Crippen molar-refractivity contribution in [1.82, 2.24) is 25.1 Å². The minimum Gasteiger partial charge on any atom is -0.343 e. The van der Waals surface area contributed by atoms with Gasteiger partial charge in [-0.3, -0.25) is 14.5 Å². The fourth-order valence-electron chi connectivity index (χ4n) is 2.19. The molecule has 0 saturated heterocycles. The van der Waals surface area contributed by atoms with E-state index < -0.39 is 0 Å². The molecule has 0 saturated carbocycles. The van der Waals surface area contributed by atoms with Gasteiger partial charge in [0, 0.05) is 36.1 Å². The summed E-state index contributed by atoms with van der Waals surface area (Å²) >= 11 is 1.52. The molecule has 1 unspecified atom stereocenters. The number of nitrogens with one attached hydrogen (secondary N) is 1. The van der Waals surface area contributed by atoms with E-state index in [9.17, 15) is 4.79 Å². The largest absolute Gasteiger partial charge is 0.343 e. The van der Waals surface area contributed by atoms with E-state index in [1.807, 2.05) is 38.4 Å². The Morgan fingerprint density at radius 3 is 2.87 bits per heavy atom. The molecule has 3 heterocycles. The average molecular weight is 327 g/mol. The Hall–Kier alpha value is -2.54. The number of carbonyl (C=O) groups is 1. The van der Waals surface area contributed by atoms with Crippen LogP contribution in [0.5, 0.6) is 0 Å². The average Bonchev–Trinajstić information content (AvgIpc) is 3.16. The highest BCUT2D eigenvalue weighted by Crippen LogP contribution is 2.25. The fourth-order valence-corrected chi connectivity index (χ4v) is 3.03. The van der Waals surface area contributed by atoms with Gasteiger partial charge in [0.2, 0.25) is 0 Å². The molecule has 1 atom stereocenters. The Labute approximate surface area is 138 Å². The van der Waals surface area contributed by atoms with E-state index in [2.05, 4.69) is 20.4 Å². The zero-order chi connectivity index (χ0) is 16.4. The molecule has 3 aromatic heterocycles. The lowest BCUT2D eigenvalue weighted by Crippen LogP contribution is -2.27. The minimum absolute atomic E-state index is 0.138. The monoisotopic (exact) mass is 327 g/mol. The smallest absolute Gasteiger partial charge is 0.255 e. The van der Waals surface area contributed by atoms with Crippen LogP contribution in [0.4, 0.5) is 0 Å². The highest BCUT2D eigenvalue weighted by molar-refractivity contribution is 7.10. The predicted octanol–water partition coefficient (Wildman–Crippen LogP) is 2.74. The van der Waals surface area contributed by atoms with Crippen LogP contribution in [0, 0.1) is 6.92 Å². The standard InChI is InChI=1S/C16H17N5OS/c1-10(19-15(22)13-8-18-21(3)11(13)2)16-20-14(9-23-16)12-5-4-6-17-7-12/h4-10H,1-3H3,(H,19,22). The van der Waals surface area contributed by atoms with Crippen LogP contribution in [0.15, 0.2) is 36.1 Å². The Morgan fingerprint density at radius 1 is 1.39 bits per heavy atom. The van der Waals surface area contributed by atoms with Gasteiger partial charge in [-0.1, -0.05) is 0 Å². The van der Waals surface area contributed by atoms with Gasteiger partial charge < -0.3 is 5.32 Å². The van der Waals surface area contributed by atoms with Gasteiger partial charge in [0.25, 0.3) is 5.91 Å². The van der Waals surface area contributed by atoms with Crippen LogP contribution >= 0.6 is 11.3 Å². The maximum atomic E-state index is 12.3. The van der Waals surface area contributed by atoms with Crippen LogP contribution in [0.2, 0.25) is 0 Å². The van der Waals surface area contributed by atoms with Crippen molar-refractivity contribution in [3.8, 4) is 11.3 Å². The number of carbonyl (C=O) groups excluding carboxylic acids is 1. The maximum absolute atomic E-state index is 12.3. The number of nitrogens with zero attached hydrogens (tertiary/aromatic N) is 4. The van der Waals surface area contributed by atoms with Gasteiger partial charge in [0.1, 0.15) is 5.01 Å². The highest BCUT2D eigenvalue weighted by atomic mass is 32.1. The van der Waals surface area contributed by atoms with E-state index in [4.69, 9.17) is 0 Å². The molecular formula is C16H17N5OS. The summed E-state index contributed by atoms with van der Waals surface area (Å²) in [5.74, 6) is -0.138. The molecular weight excluding hydrogens is 310 g/mol. The van der Waals surface area contributed by atoms with E-state index in [1.165, 1.54) is 11.3 Å². The summed E-state index contributed by atoms with van der Waals surface area (Å²) < 4.78 is 1.68. The van der Waals surface area contributed by atoms with E-state index in [1.54, 1.807) is 23.3 Å². The van der Waals surface area contributed by atoms with Gasteiger partial charge in [-0.25, -0.2) is 4.98 Å². The van der Waals surface area contributed by atoms with Gasteiger partial charge in [-0.2, -0.15) is 5.10 Å². The number of aromatic nitrogens is 4. The Bertz CT molecular complexity index is 824. The minimum atomic E-state index is -0.169. The summed E-state index contributed by atoms with van der Waals surface area (Å²) in [6, 6.07) is 3.68. The number of pyridine rings is 1. The highest BCUT2D eigenvalue weighted by Gasteiger charge is 2.18. The molecule has 6 nitrogen and oxygen atoms in total. The molecule has 1 amide bonds. The van der Waals surface area contributed by atoms with Crippen molar-refractivity contribution < 1.29 is 4.79 Å². The van der Waals surface area contributed by atoms with E-state index in [0.29, 0.717) is 5.56 Å². The molecule has 3 rings (SSSR count). The van der Waals surface area contributed by atoms with Gasteiger partial charge in [-0.15, -0.1) is 11.3 Å². The third-order valence-corrected chi connectivity index (χ3v) is 4.70. The first-order chi connectivity index (χ1) is 11.1. The summed E-state index contributed by atoms with van der Waals surface area (Å²) in [7, 11) is 1.82. The van der Waals surface area contributed by atoms with E-state index in [0.717, 1.165) is 22.0 Å². The van der Waals surface area contributed by atoms with Gasteiger partial charge in [0.05, 0.1) is 23.5 Å². The molecule has 7 heteroatoms. The third-order valence-electron chi connectivity index (χ3n) is 3.68. The summed E-state index contributed by atoms with van der Waals surface area (Å²) in [5.41, 5.74) is 3.27. The van der Waals surface area contributed by atoms with Crippen molar-refractivity contribution in [2.45, 2.75) is 19.9 Å². The molecule has 118 valence electrons. The van der Waals surface area contributed by atoms with Crippen LogP contribution in [-0.4, -0.2) is 25.7 Å². The van der Waals surface area contributed by atoms with Gasteiger partial charge in [0.15, 0.2) is 0 Å². The Morgan fingerprint density at radius 2 is 2.22 bits per heavy atom. The molecule has 0 bridgehead atoms. The molecule has 3 aromatic rings. The van der Waals surface area contributed by atoms with Gasteiger partial charge >= 0.3 is 0 Å². The second-order valence-corrected chi connectivity index (χ2v) is 6.16. The molecule has 23 heavy (non-hydrogen) atoms. The Balaban J connectivity index is 1.74. The van der Waals surface area contributed by atoms with Crippen LogP contribution < -0.4 is 5.32 Å². The van der Waals surface area contributed by atoms with Crippen molar-refractivity contribution in [1.29, 1.82) is 0 Å². The number of aryl methyl sites for hydroxylation is 1. The van der Waals surface area contributed by atoms with E-state index >= 15 is 0 Å². The molecule has 0 aromatic carbocycles.